The molecule has 0 radical (unpaired) electrons. The molecule has 4 rings (SSSR count). The standard InChI is InChI=1S/C20H23N3O4S2/c1-14-17(12-19(28-14)29(26,27)22-9-5-6-10-22)21-20(25)15-11-18(24)23(13-15)16-7-3-2-4-8-16/h2-4,7-8,12,15H,5-6,9-11,13H2,1H3,(H,21,25). The van der Waals surface area contributed by atoms with Gasteiger partial charge in [-0.2, -0.15) is 4.31 Å². The number of nitrogens with one attached hydrogen (secondary N) is 1. The van der Waals surface area contributed by atoms with Crippen LogP contribution in [0.1, 0.15) is 24.1 Å². The highest BCUT2D eigenvalue weighted by Crippen LogP contribution is 2.34. The number of para-hydroxylation sites is 1. The second kappa shape index (κ2) is 7.89. The third-order valence-electron chi connectivity index (χ3n) is 5.38. The van der Waals surface area contributed by atoms with Crippen LogP contribution in [0.4, 0.5) is 11.4 Å². The minimum atomic E-state index is -3.51. The quantitative estimate of drug-likeness (QED) is 0.786. The number of thiophene rings is 1. The molecule has 1 N–H and O–H groups in total. The second-order valence-electron chi connectivity index (χ2n) is 7.38. The molecule has 1 unspecified atom stereocenters. The van der Waals surface area contributed by atoms with Crippen LogP contribution in [0.15, 0.2) is 40.6 Å². The molecular weight excluding hydrogens is 410 g/mol. The Morgan fingerprint density at radius 2 is 1.86 bits per heavy atom. The van der Waals surface area contributed by atoms with Crippen LogP contribution in [-0.4, -0.2) is 44.2 Å². The highest BCUT2D eigenvalue weighted by Gasteiger charge is 2.36. The summed E-state index contributed by atoms with van der Waals surface area (Å²) in [5, 5.41) is 2.84. The van der Waals surface area contributed by atoms with Crippen molar-refractivity contribution in [2.75, 3.05) is 29.9 Å². The largest absolute Gasteiger partial charge is 0.325 e. The number of rotatable bonds is 5. The van der Waals surface area contributed by atoms with Gasteiger partial charge in [-0.15, -0.1) is 11.3 Å². The van der Waals surface area contributed by atoms with Gasteiger partial charge in [0.2, 0.25) is 11.8 Å². The van der Waals surface area contributed by atoms with Gasteiger partial charge in [0.05, 0.1) is 11.6 Å². The lowest BCUT2D eigenvalue weighted by Gasteiger charge is -2.16. The normalized spacial score (nSPS) is 20.4. The second-order valence-corrected chi connectivity index (χ2v) is 10.8. The Morgan fingerprint density at radius 1 is 1.17 bits per heavy atom. The third-order valence-corrected chi connectivity index (χ3v) is 8.77. The van der Waals surface area contributed by atoms with E-state index < -0.39 is 15.9 Å². The van der Waals surface area contributed by atoms with Crippen LogP contribution >= 0.6 is 11.3 Å². The van der Waals surface area contributed by atoms with E-state index in [2.05, 4.69) is 5.32 Å². The molecule has 0 spiro atoms. The fourth-order valence-electron chi connectivity index (χ4n) is 3.74. The SMILES string of the molecule is Cc1sc(S(=O)(=O)N2CCCC2)cc1NC(=O)C1CC(=O)N(c2ccccc2)C1. The molecule has 1 atom stereocenters. The van der Waals surface area contributed by atoms with Crippen molar-refractivity contribution in [3.05, 3.63) is 41.3 Å². The number of nitrogens with zero attached hydrogens (tertiary/aromatic N) is 2. The number of amides is 2. The maximum atomic E-state index is 12.8. The number of carbonyl (C=O) groups is 2. The highest BCUT2D eigenvalue weighted by atomic mass is 32.2. The molecule has 2 saturated heterocycles. The molecule has 154 valence electrons. The highest BCUT2D eigenvalue weighted by molar-refractivity contribution is 7.91. The van der Waals surface area contributed by atoms with Crippen molar-refractivity contribution in [1.82, 2.24) is 4.31 Å². The number of hydrogen-bond acceptors (Lipinski definition) is 5. The fraction of sp³-hybridized carbons (Fsp3) is 0.400. The average molecular weight is 434 g/mol. The zero-order valence-corrected chi connectivity index (χ0v) is 17.8. The van der Waals surface area contributed by atoms with E-state index >= 15 is 0 Å². The molecule has 2 aliphatic heterocycles. The van der Waals surface area contributed by atoms with Gasteiger partial charge in [-0.25, -0.2) is 8.42 Å². The fourth-order valence-corrected chi connectivity index (χ4v) is 6.81. The molecule has 2 amide bonds. The minimum Gasteiger partial charge on any atom is -0.325 e. The minimum absolute atomic E-state index is 0.0873. The van der Waals surface area contributed by atoms with Crippen LogP contribution < -0.4 is 10.2 Å². The molecule has 9 heteroatoms. The lowest BCUT2D eigenvalue weighted by atomic mass is 10.1. The van der Waals surface area contributed by atoms with Gasteiger partial charge in [-0.05, 0) is 38.0 Å². The molecule has 3 heterocycles. The molecule has 0 saturated carbocycles. The number of hydrogen-bond donors (Lipinski definition) is 1. The summed E-state index contributed by atoms with van der Waals surface area (Å²) in [5.41, 5.74) is 1.28. The van der Waals surface area contributed by atoms with Crippen LogP contribution in [0, 0.1) is 12.8 Å². The first kappa shape index (κ1) is 20.1. The van der Waals surface area contributed by atoms with Crippen molar-refractivity contribution in [1.29, 1.82) is 0 Å². The summed E-state index contributed by atoms with van der Waals surface area (Å²) < 4.78 is 27.3. The van der Waals surface area contributed by atoms with Gasteiger partial charge in [0.1, 0.15) is 4.21 Å². The molecule has 2 aromatic rings. The molecule has 0 bridgehead atoms. The first-order chi connectivity index (χ1) is 13.9. The molecule has 2 fully saturated rings. The van der Waals surface area contributed by atoms with Gasteiger partial charge in [-0.3, -0.25) is 9.59 Å². The lowest BCUT2D eigenvalue weighted by Crippen LogP contribution is -2.28. The summed E-state index contributed by atoms with van der Waals surface area (Å²) in [4.78, 5) is 27.5. The van der Waals surface area contributed by atoms with E-state index in [1.165, 1.54) is 21.7 Å². The zero-order chi connectivity index (χ0) is 20.6. The van der Waals surface area contributed by atoms with Gasteiger partial charge in [0.15, 0.2) is 0 Å². The van der Waals surface area contributed by atoms with Crippen LogP contribution in [0.5, 0.6) is 0 Å². The van der Waals surface area contributed by atoms with Gasteiger partial charge in [0, 0.05) is 36.6 Å². The molecule has 0 aliphatic carbocycles. The number of anilines is 2. The van der Waals surface area contributed by atoms with Gasteiger partial charge in [0.25, 0.3) is 10.0 Å². The summed E-state index contributed by atoms with van der Waals surface area (Å²) in [6.07, 6.45) is 1.89. The molecule has 2 aliphatic rings. The summed E-state index contributed by atoms with van der Waals surface area (Å²) in [5.74, 6) is -0.820. The van der Waals surface area contributed by atoms with E-state index in [0.717, 1.165) is 23.4 Å². The molecular formula is C20H23N3O4S2. The van der Waals surface area contributed by atoms with Crippen LogP contribution in [0.25, 0.3) is 0 Å². The Hall–Kier alpha value is -2.23. The maximum Gasteiger partial charge on any atom is 0.252 e. The van der Waals surface area contributed by atoms with Crippen molar-refractivity contribution in [3.63, 3.8) is 0 Å². The van der Waals surface area contributed by atoms with Crippen LogP contribution in [-0.2, 0) is 19.6 Å². The number of aryl methyl sites for hydroxylation is 1. The Bertz CT molecular complexity index is 1030. The smallest absolute Gasteiger partial charge is 0.252 e. The summed E-state index contributed by atoms with van der Waals surface area (Å²) >= 11 is 1.17. The molecule has 1 aromatic heterocycles. The number of carbonyl (C=O) groups excluding carboxylic acids is 2. The predicted molar refractivity (Wildman–Crippen MR) is 113 cm³/mol. The van der Waals surface area contributed by atoms with Crippen LogP contribution in [0.3, 0.4) is 0 Å². The van der Waals surface area contributed by atoms with Gasteiger partial charge >= 0.3 is 0 Å². The summed E-state index contributed by atoms with van der Waals surface area (Å²) in [6, 6.07) is 10.8. The van der Waals surface area contributed by atoms with Crippen LogP contribution in [0.2, 0.25) is 0 Å². The Kier molecular flexibility index (Phi) is 5.46. The first-order valence-corrected chi connectivity index (χ1v) is 11.9. The van der Waals surface area contributed by atoms with Crippen molar-refractivity contribution in [2.24, 2.45) is 5.92 Å². The Balaban J connectivity index is 1.47. The lowest BCUT2D eigenvalue weighted by molar-refractivity contribution is -0.122. The van der Waals surface area contributed by atoms with E-state index in [4.69, 9.17) is 0 Å². The average Bonchev–Trinajstić information content (AvgIpc) is 3.44. The van der Waals surface area contributed by atoms with E-state index in [1.807, 2.05) is 30.3 Å². The predicted octanol–water partition coefficient (Wildman–Crippen LogP) is 2.83. The van der Waals surface area contributed by atoms with E-state index in [-0.39, 0.29) is 22.4 Å². The van der Waals surface area contributed by atoms with Gasteiger partial charge < -0.3 is 10.2 Å². The first-order valence-electron chi connectivity index (χ1n) is 9.63. The monoisotopic (exact) mass is 433 g/mol. The van der Waals surface area contributed by atoms with Crippen molar-refractivity contribution >= 4 is 44.5 Å². The van der Waals surface area contributed by atoms with Gasteiger partial charge in [-0.1, -0.05) is 18.2 Å². The number of sulfonamides is 1. The molecule has 29 heavy (non-hydrogen) atoms. The van der Waals surface area contributed by atoms with E-state index in [0.29, 0.717) is 25.3 Å². The summed E-state index contributed by atoms with van der Waals surface area (Å²) in [7, 11) is -3.51. The maximum absolute atomic E-state index is 12.8. The summed E-state index contributed by atoms with van der Waals surface area (Å²) in [6.45, 7) is 3.19. The Morgan fingerprint density at radius 3 is 2.55 bits per heavy atom. The van der Waals surface area contributed by atoms with Crippen molar-refractivity contribution < 1.29 is 18.0 Å². The molecule has 1 aromatic carbocycles. The van der Waals surface area contributed by atoms with E-state index in [9.17, 15) is 18.0 Å². The zero-order valence-electron chi connectivity index (χ0n) is 16.1. The third kappa shape index (κ3) is 3.94. The molecule has 7 nitrogen and oxygen atoms in total. The number of benzene rings is 1. The van der Waals surface area contributed by atoms with Crippen molar-refractivity contribution in [2.45, 2.75) is 30.4 Å². The topological polar surface area (TPSA) is 86.8 Å². The van der Waals surface area contributed by atoms with Crippen molar-refractivity contribution in [3.8, 4) is 0 Å². The van der Waals surface area contributed by atoms with E-state index in [1.54, 1.807) is 11.8 Å². The Labute approximate surface area is 174 Å².